The van der Waals surface area contributed by atoms with Gasteiger partial charge in [-0.05, 0) is 41.8 Å². The van der Waals surface area contributed by atoms with Gasteiger partial charge in [-0.1, -0.05) is 24.3 Å². The highest BCUT2D eigenvalue weighted by molar-refractivity contribution is 5.88. The Morgan fingerprint density at radius 2 is 2.00 bits per heavy atom. The van der Waals surface area contributed by atoms with E-state index in [1.807, 2.05) is 36.4 Å². The third-order valence-corrected chi connectivity index (χ3v) is 5.03. The van der Waals surface area contributed by atoms with Crippen LogP contribution in [0.15, 0.2) is 36.4 Å². The quantitative estimate of drug-likeness (QED) is 0.793. The summed E-state index contributed by atoms with van der Waals surface area (Å²) < 4.78 is 5.14. The van der Waals surface area contributed by atoms with E-state index in [2.05, 4.69) is 5.92 Å². The first kappa shape index (κ1) is 21.3. The lowest BCUT2D eigenvalue weighted by Gasteiger charge is -2.18. The Hall–Kier alpha value is -3.04. The summed E-state index contributed by atoms with van der Waals surface area (Å²) >= 11 is 0. The molecule has 0 aromatic heterocycles. The number of carbonyl (C=O) groups excluding carboxylic acids is 1. The monoisotopic (exact) mass is 382 g/mol. The molecule has 2 aromatic rings. The second-order valence-corrected chi connectivity index (χ2v) is 7.05. The first-order valence-electron chi connectivity index (χ1n) is 9.00. The molecule has 28 heavy (non-hydrogen) atoms. The van der Waals surface area contributed by atoms with Crippen LogP contribution in [0.2, 0.25) is 0 Å². The third-order valence-electron chi connectivity index (χ3n) is 5.03. The summed E-state index contributed by atoms with van der Waals surface area (Å²) in [6, 6.07) is 11.4. The average molecular weight is 382 g/mol. The number of hydrogen-bond acceptors (Lipinski definition) is 4. The van der Waals surface area contributed by atoms with Gasteiger partial charge in [-0.15, -0.1) is 12.3 Å². The molecule has 1 heterocycles. The molecule has 6 nitrogen and oxygen atoms in total. The highest BCUT2D eigenvalue weighted by atomic mass is 16.5. The fourth-order valence-electron chi connectivity index (χ4n) is 3.08. The molecule has 3 rings (SSSR count). The predicted molar refractivity (Wildman–Crippen MR) is 109 cm³/mol. The van der Waals surface area contributed by atoms with Crippen LogP contribution in [-0.4, -0.2) is 48.1 Å². The summed E-state index contributed by atoms with van der Waals surface area (Å²) in [7, 11) is 3.37. The third kappa shape index (κ3) is 4.62. The minimum absolute atomic E-state index is 0.0320. The summed E-state index contributed by atoms with van der Waals surface area (Å²) in [5.41, 5.74) is 5.81. The molecule has 0 unspecified atom stereocenters. The molecule has 0 spiro atoms. The van der Waals surface area contributed by atoms with E-state index in [0.717, 1.165) is 28.6 Å². The number of nitrogens with zero attached hydrogens (tertiary/aromatic N) is 1. The van der Waals surface area contributed by atoms with Gasteiger partial charge in [0.2, 0.25) is 5.91 Å². The van der Waals surface area contributed by atoms with Gasteiger partial charge in [0.05, 0.1) is 13.0 Å². The topological polar surface area (TPSA) is 92.9 Å². The Kier molecular flexibility index (Phi) is 6.66. The van der Waals surface area contributed by atoms with Crippen molar-refractivity contribution in [2.24, 2.45) is 5.73 Å². The van der Waals surface area contributed by atoms with E-state index in [0.29, 0.717) is 12.8 Å². The number of fused-ring (bicyclic) bond motifs is 1. The maximum Gasteiger partial charge on any atom is 0.310 e. The zero-order chi connectivity index (χ0) is 20.9. The molecule has 1 aliphatic heterocycles. The molecule has 0 saturated carbocycles. The van der Waals surface area contributed by atoms with Crippen molar-refractivity contribution in [2.45, 2.75) is 31.2 Å². The summed E-state index contributed by atoms with van der Waals surface area (Å²) in [5, 5.41) is 11.0. The molecule has 1 saturated heterocycles. The van der Waals surface area contributed by atoms with E-state index in [1.165, 1.54) is 0 Å². The van der Waals surface area contributed by atoms with Crippen LogP contribution in [-0.2, 0) is 9.59 Å². The Morgan fingerprint density at radius 1 is 1.36 bits per heavy atom. The number of terminal acetylenes is 1. The minimum atomic E-state index is -0.808. The van der Waals surface area contributed by atoms with Crippen molar-refractivity contribution < 1.29 is 19.4 Å². The van der Waals surface area contributed by atoms with Crippen molar-refractivity contribution in [3.05, 3.63) is 42.0 Å². The van der Waals surface area contributed by atoms with Crippen LogP contribution in [0, 0.1) is 12.3 Å². The fraction of sp³-hybridized carbons (Fsp3) is 0.364. The number of likely N-dealkylation sites (tertiary alicyclic amines) is 1. The fourth-order valence-corrected chi connectivity index (χ4v) is 3.08. The maximum absolute atomic E-state index is 11.3. The minimum Gasteiger partial charge on any atom is -0.497 e. The van der Waals surface area contributed by atoms with Gasteiger partial charge in [-0.3, -0.25) is 9.59 Å². The molecule has 0 radical (unpaired) electrons. The van der Waals surface area contributed by atoms with E-state index in [4.69, 9.17) is 22.0 Å². The van der Waals surface area contributed by atoms with Crippen LogP contribution in [0.5, 0.6) is 5.75 Å². The number of aliphatic carboxylic acids is 1. The van der Waals surface area contributed by atoms with Crippen molar-refractivity contribution in [1.29, 1.82) is 0 Å². The van der Waals surface area contributed by atoms with Crippen LogP contribution < -0.4 is 10.5 Å². The van der Waals surface area contributed by atoms with Crippen molar-refractivity contribution in [3.8, 4) is 18.1 Å². The van der Waals surface area contributed by atoms with E-state index in [9.17, 15) is 9.59 Å². The molecule has 1 aliphatic rings. The Morgan fingerprint density at radius 3 is 2.54 bits per heavy atom. The number of nitrogens with two attached hydrogens (primary N) is 1. The van der Waals surface area contributed by atoms with Gasteiger partial charge in [0.15, 0.2) is 0 Å². The first-order chi connectivity index (χ1) is 13.2. The number of methoxy groups -OCH3 is 1. The number of likely N-dealkylation sites (N-methyl/N-ethyl adjacent to an activating group) is 1. The van der Waals surface area contributed by atoms with Crippen molar-refractivity contribution in [3.63, 3.8) is 0 Å². The van der Waals surface area contributed by atoms with Crippen LogP contribution in [0.4, 0.5) is 0 Å². The SMILES string of the molecule is C#CC[C@@]1(N)CCN(C)C1=O.COc1ccc2cc([C@H](C)C(=O)O)ccc2c1. The van der Waals surface area contributed by atoms with Gasteiger partial charge in [0.1, 0.15) is 11.3 Å². The van der Waals surface area contributed by atoms with Crippen LogP contribution in [0.3, 0.4) is 0 Å². The normalized spacial score (nSPS) is 19.5. The van der Waals surface area contributed by atoms with Gasteiger partial charge >= 0.3 is 5.97 Å². The van der Waals surface area contributed by atoms with Crippen molar-refractivity contribution in [2.75, 3.05) is 20.7 Å². The maximum atomic E-state index is 11.3. The summed E-state index contributed by atoms with van der Waals surface area (Å²) in [6.07, 6.45) is 6.12. The molecular weight excluding hydrogens is 356 g/mol. The molecule has 2 aromatic carbocycles. The average Bonchev–Trinajstić information content (AvgIpc) is 2.94. The second-order valence-electron chi connectivity index (χ2n) is 7.05. The molecule has 1 amide bonds. The number of rotatable bonds is 4. The number of carboxylic acid groups (broad SMARTS) is 1. The van der Waals surface area contributed by atoms with E-state index >= 15 is 0 Å². The Labute approximate surface area is 165 Å². The summed E-state index contributed by atoms with van der Waals surface area (Å²) in [4.78, 5) is 23.9. The van der Waals surface area contributed by atoms with Gasteiger partial charge < -0.3 is 20.5 Å². The zero-order valence-corrected chi connectivity index (χ0v) is 16.4. The van der Waals surface area contributed by atoms with Crippen LogP contribution in [0.25, 0.3) is 10.8 Å². The van der Waals surface area contributed by atoms with Gasteiger partial charge in [-0.25, -0.2) is 0 Å². The lowest BCUT2D eigenvalue weighted by Crippen LogP contribution is -2.46. The molecular formula is C22H26N2O4. The standard InChI is InChI=1S/C14H14O3.C8H12N2O/c1-9(14(15)16)10-3-4-12-8-13(17-2)6-5-11(12)7-10;1-3-4-8(9)5-6-10(2)7(8)11/h3-9H,1-2H3,(H,15,16);1H,4-6,9H2,2H3/t9-;8-/m01/s1. The van der Waals surface area contributed by atoms with E-state index in [-0.39, 0.29) is 5.91 Å². The number of ether oxygens (including phenoxy) is 1. The number of benzene rings is 2. The highest BCUT2D eigenvalue weighted by Gasteiger charge is 2.40. The number of carbonyl (C=O) groups is 2. The lowest BCUT2D eigenvalue weighted by molar-refractivity contribution is -0.138. The lowest BCUT2D eigenvalue weighted by atomic mass is 9.95. The molecule has 148 valence electrons. The second kappa shape index (κ2) is 8.77. The highest BCUT2D eigenvalue weighted by Crippen LogP contribution is 2.25. The molecule has 1 fully saturated rings. The Balaban J connectivity index is 0.000000221. The van der Waals surface area contributed by atoms with Crippen LogP contribution in [0.1, 0.15) is 31.2 Å². The largest absolute Gasteiger partial charge is 0.497 e. The zero-order valence-electron chi connectivity index (χ0n) is 16.4. The molecule has 3 N–H and O–H groups in total. The number of carboxylic acids is 1. The first-order valence-corrected chi connectivity index (χ1v) is 9.00. The molecule has 0 bridgehead atoms. The summed E-state index contributed by atoms with van der Waals surface area (Å²) in [5.74, 6) is 1.91. The molecule has 2 atom stereocenters. The Bertz CT molecular complexity index is 918. The van der Waals surface area contributed by atoms with E-state index in [1.54, 1.807) is 26.0 Å². The van der Waals surface area contributed by atoms with Gasteiger partial charge in [0, 0.05) is 20.0 Å². The van der Waals surface area contributed by atoms with E-state index < -0.39 is 17.4 Å². The smallest absolute Gasteiger partial charge is 0.310 e. The van der Waals surface area contributed by atoms with Crippen molar-refractivity contribution in [1.82, 2.24) is 4.90 Å². The van der Waals surface area contributed by atoms with Gasteiger partial charge in [0.25, 0.3) is 0 Å². The van der Waals surface area contributed by atoms with Gasteiger partial charge in [-0.2, -0.15) is 0 Å². The number of hydrogen-bond donors (Lipinski definition) is 2. The van der Waals surface area contributed by atoms with Crippen LogP contribution >= 0.6 is 0 Å². The molecule has 0 aliphatic carbocycles. The van der Waals surface area contributed by atoms with Crippen molar-refractivity contribution >= 4 is 22.6 Å². The number of amides is 1. The predicted octanol–water partition coefficient (Wildman–Crippen LogP) is 2.61. The molecule has 6 heteroatoms. The summed E-state index contributed by atoms with van der Waals surface area (Å²) in [6.45, 7) is 2.41.